The molecule has 6 nitrogen and oxygen atoms in total. The SMILES string of the molecule is CCN(CC)c1nc(C(N)=O)cc(-c2ccccc2O)n1. The molecule has 110 valence electrons. The molecule has 0 saturated carbocycles. The first-order valence-electron chi connectivity index (χ1n) is 6.79. The van der Waals surface area contributed by atoms with E-state index in [-0.39, 0.29) is 11.4 Å². The second-order valence-corrected chi connectivity index (χ2v) is 4.49. The zero-order valence-electron chi connectivity index (χ0n) is 12.1. The summed E-state index contributed by atoms with van der Waals surface area (Å²) in [5, 5.41) is 9.95. The monoisotopic (exact) mass is 286 g/mol. The first-order valence-corrected chi connectivity index (χ1v) is 6.79. The summed E-state index contributed by atoms with van der Waals surface area (Å²) in [6.45, 7) is 5.37. The minimum Gasteiger partial charge on any atom is -0.507 e. The molecule has 0 aliphatic carbocycles. The molecule has 21 heavy (non-hydrogen) atoms. The fourth-order valence-electron chi connectivity index (χ4n) is 2.04. The molecule has 0 spiro atoms. The van der Waals surface area contributed by atoms with Crippen LogP contribution >= 0.6 is 0 Å². The van der Waals surface area contributed by atoms with E-state index in [2.05, 4.69) is 9.97 Å². The molecule has 1 aromatic heterocycles. The topological polar surface area (TPSA) is 92.3 Å². The highest BCUT2D eigenvalue weighted by Gasteiger charge is 2.15. The Kier molecular flexibility index (Phi) is 4.37. The van der Waals surface area contributed by atoms with E-state index in [0.717, 1.165) is 0 Å². The van der Waals surface area contributed by atoms with E-state index in [1.165, 1.54) is 6.07 Å². The maximum Gasteiger partial charge on any atom is 0.267 e. The normalized spacial score (nSPS) is 10.4. The Labute approximate surface area is 123 Å². The van der Waals surface area contributed by atoms with Crippen molar-refractivity contribution >= 4 is 11.9 Å². The lowest BCUT2D eigenvalue weighted by atomic mass is 10.1. The average Bonchev–Trinajstić information content (AvgIpc) is 2.48. The number of aromatic hydroxyl groups is 1. The predicted octanol–water partition coefficient (Wildman–Crippen LogP) is 1.79. The van der Waals surface area contributed by atoms with Crippen molar-refractivity contribution in [2.45, 2.75) is 13.8 Å². The van der Waals surface area contributed by atoms with Gasteiger partial charge in [-0.25, -0.2) is 9.97 Å². The number of phenolic OH excluding ortho intramolecular Hbond substituents is 1. The Hall–Kier alpha value is -2.63. The molecular weight excluding hydrogens is 268 g/mol. The van der Waals surface area contributed by atoms with Gasteiger partial charge in [0, 0.05) is 18.7 Å². The number of anilines is 1. The Bertz CT molecular complexity index is 654. The second kappa shape index (κ2) is 6.21. The summed E-state index contributed by atoms with van der Waals surface area (Å²) in [6, 6.07) is 8.30. The van der Waals surface area contributed by atoms with E-state index < -0.39 is 5.91 Å². The van der Waals surface area contributed by atoms with Crippen LogP contribution in [0.5, 0.6) is 5.75 Å². The van der Waals surface area contributed by atoms with E-state index >= 15 is 0 Å². The predicted molar refractivity (Wildman–Crippen MR) is 81.2 cm³/mol. The Morgan fingerprint density at radius 3 is 2.48 bits per heavy atom. The summed E-state index contributed by atoms with van der Waals surface area (Å²) < 4.78 is 0. The molecule has 0 unspecified atom stereocenters. The number of benzene rings is 1. The fourth-order valence-corrected chi connectivity index (χ4v) is 2.04. The number of hydrogen-bond acceptors (Lipinski definition) is 5. The molecule has 6 heteroatoms. The lowest BCUT2D eigenvalue weighted by molar-refractivity contribution is 0.0995. The summed E-state index contributed by atoms with van der Waals surface area (Å²) in [5.74, 6) is -0.103. The minimum absolute atomic E-state index is 0.0946. The number of rotatable bonds is 5. The molecule has 2 aromatic rings. The molecule has 1 heterocycles. The highest BCUT2D eigenvalue weighted by Crippen LogP contribution is 2.28. The second-order valence-electron chi connectivity index (χ2n) is 4.49. The summed E-state index contributed by atoms with van der Waals surface area (Å²) >= 11 is 0. The van der Waals surface area contributed by atoms with Crippen molar-refractivity contribution in [2.75, 3.05) is 18.0 Å². The molecule has 3 N–H and O–H groups in total. The third-order valence-corrected chi connectivity index (χ3v) is 3.19. The highest BCUT2D eigenvalue weighted by molar-refractivity contribution is 5.92. The fraction of sp³-hybridized carbons (Fsp3) is 0.267. The molecular formula is C15H18N4O2. The number of carbonyl (C=O) groups is 1. The van der Waals surface area contributed by atoms with E-state index in [1.807, 2.05) is 18.7 Å². The van der Waals surface area contributed by atoms with Gasteiger partial charge in [-0.2, -0.15) is 0 Å². The standard InChI is InChI=1S/C15H18N4O2/c1-3-19(4-2)15-17-11(9-12(18-15)14(16)21)10-7-5-6-8-13(10)20/h5-9,20H,3-4H2,1-2H3,(H2,16,21). The molecule has 0 atom stereocenters. The number of nitrogens with two attached hydrogens (primary N) is 1. The van der Waals surface area contributed by atoms with Gasteiger partial charge in [0.25, 0.3) is 5.91 Å². The summed E-state index contributed by atoms with van der Waals surface area (Å²) in [5.41, 5.74) is 6.48. The van der Waals surface area contributed by atoms with Gasteiger partial charge in [0.1, 0.15) is 11.4 Å². The first-order chi connectivity index (χ1) is 10.1. The largest absolute Gasteiger partial charge is 0.507 e. The van der Waals surface area contributed by atoms with Crippen LogP contribution in [-0.4, -0.2) is 34.1 Å². The van der Waals surface area contributed by atoms with Crippen LogP contribution in [-0.2, 0) is 0 Å². The molecule has 0 bridgehead atoms. The van der Waals surface area contributed by atoms with Crippen LogP contribution in [0, 0.1) is 0 Å². The number of nitrogens with zero attached hydrogens (tertiary/aromatic N) is 3. The van der Waals surface area contributed by atoms with Crippen LogP contribution in [0.3, 0.4) is 0 Å². The van der Waals surface area contributed by atoms with E-state index in [9.17, 15) is 9.90 Å². The Morgan fingerprint density at radius 2 is 1.90 bits per heavy atom. The molecule has 1 amide bonds. The zero-order valence-corrected chi connectivity index (χ0v) is 12.1. The van der Waals surface area contributed by atoms with Gasteiger partial charge in [0.05, 0.1) is 5.69 Å². The van der Waals surface area contributed by atoms with Gasteiger partial charge in [-0.15, -0.1) is 0 Å². The molecule has 0 aliphatic rings. The first kappa shape index (κ1) is 14.8. The van der Waals surface area contributed by atoms with Crippen LogP contribution in [0.25, 0.3) is 11.3 Å². The van der Waals surface area contributed by atoms with Gasteiger partial charge in [-0.1, -0.05) is 12.1 Å². The van der Waals surface area contributed by atoms with Crippen molar-refractivity contribution in [3.63, 3.8) is 0 Å². The van der Waals surface area contributed by atoms with E-state index in [1.54, 1.807) is 24.3 Å². The van der Waals surface area contributed by atoms with Crippen LogP contribution < -0.4 is 10.6 Å². The summed E-state index contributed by atoms with van der Waals surface area (Å²) in [7, 11) is 0. The molecule has 0 aliphatic heterocycles. The number of phenols is 1. The lowest BCUT2D eigenvalue weighted by Gasteiger charge is -2.19. The number of primary amides is 1. The quantitative estimate of drug-likeness (QED) is 0.874. The van der Waals surface area contributed by atoms with Crippen molar-refractivity contribution < 1.29 is 9.90 Å². The third kappa shape index (κ3) is 3.10. The van der Waals surface area contributed by atoms with Gasteiger partial charge in [-0.3, -0.25) is 4.79 Å². The number of amides is 1. The van der Waals surface area contributed by atoms with Crippen LogP contribution in [0.4, 0.5) is 5.95 Å². The smallest absolute Gasteiger partial charge is 0.267 e. The molecule has 0 radical (unpaired) electrons. The number of aromatic nitrogens is 2. The number of carbonyl (C=O) groups excluding carboxylic acids is 1. The maximum atomic E-state index is 11.5. The molecule has 1 aromatic carbocycles. The van der Waals surface area contributed by atoms with E-state index in [0.29, 0.717) is 30.3 Å². The van der Waals surface area contributed by atoms with Crippen LogP contribution in [0.2, 0.25) is 0 Å². The Morgan fingerprint density at radius 1 is 1.24 bits per heavy atom. The van der Waals surface area contributed by atoms with Crippen molar-refractivity contribution in [3.05, 3.63) is 36.0 Å². The lowest BCUT2D eigenvalue weighted by Crippen LogP contribution is -2.26. The van der Waals surface area contributed by atoms with Crippen molar-refractivity contribution in [3.8, 4) is 17.0 Å². The van der Waals surface area contributed by atoms with E-state index in [4.69, 9.17) is 5.73 Å². The molecule has 0 saturated heterocycles. The molecule has 2 rings (SSSR count). The number of para-hydroxylation sites is 1. The summed E-state index contributed by atoms with van der Waals surface area (Å²) in [6.07, 6.45) is 0. The van der Waals surface area contributed by atoms with Crippen LogP contribution in [0.15, 0.2) is 30.3 Å². The minimum atomic E-state index is -0.623. The highest BCUT2D eigenvalue weighted by atomic mass is 16.3. The van der Waals surface area contributed by atoms with Crippen molar-refractivity contribution in [2.24, 2.45) is 5.73 Å². The Balaban J connectivity index is 2.61. The third-order valence-electron chi connectivity index (χ3n) is 3.19. The van der Waals surface area contributed by atoms with Gasteiger partial charge < -0.3 is 15.7 Å². The average molecular weight is 286 g/mol. The van der Waals surface area contributed by atoms with Gasteiger partial charge in [0.2, 0.25) is 5.95 Å². The van der Waals surface area contributed by atoms with Gasteiger partial charge in [0.15, 0.2) is 0 Å². The van der Waals surface area contributed by atoms with Crippen molar-refractivity contribution in [1.82, 2.24) is 9.97 Å². The van der Waals surface area contributed by atoms with Crippen molar-refractivity contribution in [1.29, 1.82) is 0 Å². The summed E-state index contributed by atoms with van der Waals surface area (Å²) in [4.78, 5) is 22.0. The van der Waals surface area contributed by atoms with Gasteiger partial charge >= 0.3 is 0 Å². The van der Waals surface area contributed by atoms with Gasteiger partial charge in [-0.05, 0) is 32.0 Å². The maximum absolute atomic E-state index is 11.5. The number of hydrogen-bond donors (Lipinski definition) is 2. The zero-order chi connectivity index (χ0) is 15.4. The van der Waals surface area contributed by atoms with Crippen LogP contribution in [0.1, 0.15) is 24.3 Å². The molecule has 0 fully saturated rings.